The number of carbonyl (C=O) groups excluding carboxylic acids is 2. The molecule has 1 heterocycles. The first-order valence-electron chi connectivity index (χ1n) is 11.7. The summed E-state index contributed by atoms with van der Waals surface area (Å²) in [5.41, 5.74) is 0.693. The van der Waals surface area contributed by atoms with Gasteiger partial charge in [-0.3, -0.25) is 0 Å². The van der Waals surface area contributed by atoms with Crippen molar-refractivity contribution < 1.29 is 14.7 Å². The van der Waals surface area contributed by atoms with Crippen molar-refractivity contribution in [2.75, 3.05) is 0 Å². The van der Waals surface area contributed by atoms with Gasteiger partial charge in [0.1, 0.15) is 5.01 Å². The van der Waals surface area contributed by atoms with Crippen molar-refractivity contribution in [3.63, 3.8) is 0 Å². The fraction of sp³-hybridized carbons (Fsp3) is 0.640. The zero-order chi connectivity index (χ0) is 22.9. The van der Waals surface area contributed by atoms with Gasteiger partial charge in [-0.15, -0.1) is 11.3 Å². The third-order valence-electron chi connectivity index (χ3n) is 6.27. The Morgan fingerprint density at radius 1 is 1.03 bits per heavy atom. The maximum Gasteiger partial charge on any atom is 0.103 e. The lowest BCUT2D eigenvalue weighted by atomic mass is 9.69. The molecule has 1 aromatic carbocycles. The minimum Gasteiger partial charge on any atom is -0.741 e. The molecule has 2 rings (SSSR count). The van der Waals surface area contributed by atoms with Crippen molar-refractivity contribution in [2.24, 2.45) is 5.41 Å². The Bertz CT molecular complexity index is 850. The first kappa shape index (κ1) is 25.7. The van der Waals surface area contributed by atoms with Crippen LogP contribution in [0.3, 0.4) is 0 Å². The zero-order valence-electron chi connectivity index (χ0n) is 19.1. The maximum atomic E-state index is 12.8. The van der Waals surface area contributed by atoms with E-state index < -0.39 is 22.4 Å². The molecular formula is C25H35NO3S2-2. The zero-order valence-corrected chi connectivity index (χ0v) is 20.7. The van der Waals surface area contributed by atoms with Crippen LogP contribution in [0.15, 0.2) is 18.2 Å². The molecule has 0 saturated heterocycles. The Morgan fingerprint density at radius 2 is 1.65 bits per heavy atom. The molecule has 1 atom stereocenters. The summed E-state index contributed by atoms with van der Waals surface area (Å²) in [6.45, 7) is 6.34. The fourth-order valence-electron chi connectivity index (χ4n) is 4.36. The molecule has 0 aliphatic rings. The first-order chi connectivity index (χ1) is 14.9. The highest BCUT2D eigenvalue weighted by Crippen LogP contribution is 2.47. The van der Waals surface area contributed by atoms with E-state index in [0.29, 0.717) is 17.8 Å². The second kappa shape index (κ2) is 12.5. The van der Waals surface area contributed by atoms with Gasteiger partial charge in [-0.25, -0.2) is 4.98 Å². The summed E-state index contributed by atoms with van der Waals surface area (Å²) in [6.07, 6.45) is 9.33. The molecule has 0 N–H and O–H groups in total. The Labute approximate surface area is 196 Å². The largest absolute Gasteiger partial charge is 0.741 e. The lowest BCUT2D eigenvalue weighted by Crippen LogP contribution is -2.48. The molecule has 0 saturated carbocycles. The summed E-state index contributed by atoms with van der Waals surface area (Å²) in [4.78, 5) is 30.1. The number of benzene rings is 1. The monoisotopic (exact) mass is 461 g/mol. The van der Waals surface area contributed by atoms with Gasteiger partial charge in [0, 0.05) is 16.5 Å². The molecule has 0 radical (unpaired) electrons. The van der Waals surface area contributed by atoms with Gasteiger partial charge in [-0.2, -0.15) is 0 Å². The highest BCUT2D eigenvalue weighted by atomic mass is 32.1. The number of rotatable bonds is 15. The van der Waals surface area contributed by atoms with E-state index in [1.165, 1.54) is 16.9 Å². The number of fused-ring (bicyclic) bond motifs is 1. The minimum absolute atomic E-state index is 0.407. The van der Waals surface area contributed by atoms with Crippen LogP contribution in [0.2, 0.25) is 0 Å². The van der Waals surface area contributed by atoms with Crippen LogP contribution in [0.1, 0.15) is 101 Å². The molecule has 1 aromatic heterocycles. The molecule has 31 heavy (non-hydrogen) atoms. The van der Waals surface area contributed by atoms with Gasteiger partial charge in [-0.1, -0.05) is 78.2 Å². The Kier molecular flexibility index (Phi) is 10.4. The minimum atomic E-state index is -1.29. The molecule has 0 aliphatic heterocycles. The smallest absolute Gasteiger partial charge is 0.103 e. The van der Waals surface area contributed by atoms with Crippen molar-refractivity contribution in [2.45, 2.75) is 97.3 Å². The van der Waals surface area contributed by atoms with E-state index in [1.807, 2.05) is 12.1 Å². The van der Waals surface area contributed by atoms with Crippen molar-refractivity contribution in [1.82, 2.24) is 4.98 Å². The normalized spacial score (nSPS) is 12.9. The number of carboxylic acids is 1. The van der Waals surface area contributed by atoms with Crippen LogP contribution >= 0.6 is 11.3 Å². The summed E-state index contributed by atoms with van der Waals surface area (Å²) in [6, 6.07) is 6.05. The predicted octanol–water partition coefficient (Wildman–Crippen LogP) is 5.69. The number of thiazole rings is 1. The fourth-order valence-corrected chi connectivity index (χ4v) is 6.02. The quantitative estimate of drug-likeness (QED) is 0.252. The van der Waals surface area contributed by atoms with Crippen molar-refractivity contribution >= 4 is 45.3 Å². The van der Waals surface area contributed by atoms with E-state index in [-0.39, 0.29) is 0 Å². The van der Waals surface area contributed by atoms with Crippen LogP contribution < -0.4 is 5.11 Å². The van der Waals surface area contributed by atoms with Crippen molar-refractivity contribution in [3.8, 4) is 0 Å². The Balaban J connectivity index is 2.47. The summed E-state index contributed by atoms with van der Waals surface area (Å²) < 4.78 is 0.972. The van der Waals surface area contributed by atoms with Gasteiger partial charge in [0.25, 0.3) is 0 Å². The van der Waals surface area contributed by atoms with Crippen molar-refractivity contribution in [1.29, 1.82) is 0 Å². The van der Waals surface area contributed by atoms with Crippen molar-refractivity contribution in [3.05, 3.63) is 28.8 Å². The van der Waals surface area contributed by atoms with E-state index in [2.05, 4.69) is 31.8 Å². The number of unbranched alkanes of at least 4 members (excludes halogenated alkanes) is 6. The Morgan fingerprint density at radius 3 is 2.13 bits per heavy atom. The predicted molar refractivity (Wildman–Crippen MR) is 129 cm³/mol. The van der Waals surface area contributed by atoms with Crippen LogP contribution in [0.5, 0.6) is 0 Å². The van der Waals surface area contributed by atoms with E-state index in [1.54, 1.807) is 0 Å². The molecular weight excluding hydrogens is 426 g/mol. The average Bonchev–Trinajstić information content (AvgIpc) is 3.15. The molecule has 0 amide bonds. The molecule has 0 aliphatic carbocycles. The molecule has 4 nitrogen and oxygen atoms in total. The number of hydrogen-bond donors (Lipinski definition) is 0. The third kappa shape index (κ3) is 6.48. The van der Waals surface area contributed by atoms with Crippen LogP contribution in [0, 0.1) is 5.41 Å². The van der Waals surface area contributed by atoms with Crippen LogP contribution in [0.25, 0.3) is 10.2 Å². The topological polar surface area (TPSA) is 70.1 Å². The van der Waals surface area contributed by atoms with E-state index in [4.69, 9.17) is 12.6 Å². The molecule has 1 unspecified atom stereocenters. The van der Waals surface area contributed by atoms with Gasteiger partial charge in [-0.05, 0) is 37.0 Å². The van der Waals surface area contributed by atoms with E-state index >= 15 is 0 Å². The summed E-state index contributed by atoms with van der Waals surface area (Å²) in [7, 11) is 0. The second-order valence-corrected chi connectivity index (χ2v) is 9.99. The number of hydrogen-bond acceptors (Lipinski definition) is 6. The standard InChI is InChI=1S/C25H37NO3S2/c1-4-7-9-11-15-25(24(28)29,16-12-10-8-5-2)21(23(27)30)22-26-19-14-13-18(6-3)17-20(19)31-22/h13-14,17,21H,4-12,15-16H2,1-3H3,(H,27,30)(H,28,29)/p-2. The van der Waals surface area contributed by atoms with Crippen LogP contribution in [-0.2, 0) is 28.6 Å². The molecule has 0 fully saturated rings. The number of aliphatic carboxylic acids is 1. The second-order valence-electron chi connectivity index (χ2n) is 8.52. The Hall–Kier alpha value is -1.53. The van der Waals surface area contributed by atoms with E-state index in [9.17, 15) is 14.7 Å². The molecule has 2 aromatic rings. The highest BCUT2D eigenvalue weighted by Gasteiger charge is 2.42. The van der Waals surface area contributed by atoms with Gasteiger partial charge in [0.05, 0.1) is 16.1 Å². The van der Waals surface area contributed by atoms with Crippen LogP contribution in [0.4, 0.5) is 0 Å². The van der Waals surface area contributed by atoms with Gasteiger partial charge in [0.15, 0.2) is 0 Å². The maximum absolute atomic E-state index is 12.8. The molecule has 6 heteroatoms. The van der Waals surface area contributed by atoms with Gasteiger partial charge < -0.3 is 27.3 Å². The van der Waals surface area contributed by atoms with Gasteiger partial charge in [0.2, 0.25) is 0 Å². The molecule has 0 spiro atoms. The third-order valence-corrected chi connectivity index (χ3v) is 7.59. The lowest BCUT2D eigenvalue weighted by molar-refractivity contribution is -0.321. The SMILES string of the molecule is CCCCCCC(CCCCCC)(C(=O)[O-])C(C(=O)[S-])c1nc2ccc(CC)cc2s1. The number of carboxylic acid groups (broad SMARTS) is 1. The number of nitrogens with zero attached hydrogens (tertiary/aromatic N) is 1. The average molecular weight is 462 g/mol. The molecule has 172 valence electrons. The van der Waals surface area contributed by atoms with E-state index in [0.717, 1.165) is 68.0 Å². The number of aromatic nitrogens is 1. The van der Waals surface area contributed by atoms with Gasteiger partial charge >= 0.3 is 0 Å². The number of carbonyl (C=O) groups is 2. The summed E-state index contributed by atoms with van der Waals surface area (Å²) >= 11 is 6.55. The number of aryl methyl sites for hydroxylation is 1. The summed E-state index contributed by atoms with van der Waals surface area (Å²) in [5, 5.41) is 12.6. The summed E-state index contributed by atoms with van der Waals surface area (Å²) in [5.74, 6) is -2.09. The highest BCUT2D eigenvalue weighted by molar-refractivity contribution is 7.77. The van der Waals surface area contributed by atoms with Crippen LogP contribution in [-0.4, -0.2) is 16.1 Å². The molecule has 0 bridgehead atoms. The first-order valence-corrected chi connectivity index (χ1v) is 12.9. The lowest BCUT2D eigenvalue weighted by Gasteiger charge is -2.42.